The molecule has 2 N–H and O–H groups in total. The van der Waals surface area contributed by atoms with E-state index in [1.54, 1.807) is 0 Å². The van der Waals surface area contributed by atoms with Gasteiger partial charge < -0.3 is 10.6 Å². The summed E-state index contributed by atoms with van der Waals surface area (Å²) in [5.41, 5.74) is 5.35. The van der Waals surface area contributed by atoms with Crippen LogP contribution in [0.5, 0.6) is 0 Å². The van der Waals surface area contributed by atoms with Gasteiger partial charge in [0.1, 0.15) is 0 Å². The second kappa shape index (κ2) is 7.08. The van der Waals surface area contributed by atoms with E-state index < -0.39 is 0 Å². The number of likely N-dealkylation sites (N-methyl/N-ethyl adjacent to an activating group) is 1. The molecule has 2 aromatic carbocycles. The Labute approximate surface area is 134 Å². The summed E-state index contributed by atoms with van der Waals surface area (Å²) in [5, 5.41) is 7.14. The largest absolute Gasteiger partial charge is 0.315 e. The number of piperidine rings is 1. The van der Waals surface area contributed by atoms with E-state index in [2.05, 4.69) is 73.1 Å². The van der Waals surface area contributed by atoms with E-state index in [9.17, 15) is 0 Å². The van der Waals surface area contributed by atoms with Crippen LogP contribution in [0.15, 0.2) is 48.5 Å². The lowest BCUT2D eigenvalue weighted by Crippen LogP contribution is -2.51. The Hall–Kier alpha value is -1.64. The highest BCUT2D eigenvalue weighted by Gasteiger charge is 2.23. The first-order chi connectivity index (χ1) is 10.8. The van der Waals surface area contributed by atoms with Crippen molar-refractivity contribution in [3.05, 3.63) is 59.7 Å². The Morgan fingerprint density at radius 1 is 1.09 bits per heavy atom. The molecule has 1 heterocycles. The van der Waals surface area contributed by atoms with Crippen LogP contribution >= 0.6 is 0 Å². The van der Waals surface area contributed by atoms with Gasteiger partial charge in [-0.25, -0.2) is 0 Å². The number of hydrogen-bond acceptors (Lipinski definition) is 2. The average molecular weight is 294 g/mol. The van der Waals surface area contributed by atoms with Crippen molar-refractivity contribution in [2.45, 2.75) is 38.3 Å². The van der Waals surface area contributed by atoms with Crippen LogP contribution in [0, 0.1) is 6.92 Å². The van der Waals surface area contributed by atoms with Crippen LogP contribution in [0.1, 0.15) is 24.0 Å². The summed E-state index contributed by atoms with van der Waals surface area (Å²) < 4.78 is 0. The molecule has 0 radical (unpaired) electrons. The van der Waals surface area contributed by atoms with E-state index in [0.29, 0.717) is 12.1 Å². The van der Waals surface area contributed by atoms with E-state index in [-0.39, 0.29) is 0 Å². The summed E-state index contributed by atoms with van der Waals surface area (Å²) in [6, 6.07) is 18.8. The summed E-state index contributed by atoms with van der Waals surface area (Å²) in [6.45, 7) is 3.29. The van der Waals surface area contributed by atoms with Gasteiger partial charge in [-0.05, 0) is 56.5 Å². The fourth-order valence-electron chi connectivity index (χ4n) is 3.47. The first kappa shape index (κ1) is 15.3. The third-order valence-corrected chi connectivity index (χ3v) is 4.69. The zero-order chi connectivity index (χ0) is 15.4. The fraction of sp³-hybridized carbons (Fsp3) is 0.400. The van der Waals surface area contributed by atoms with Crippen LogP contribution < -0.4 is 10.6 Å². The van der Waals surface area contributed by atoms with Crippen molar-refractivity contribution in [1.29, 1.82) is 0 Å². The van der Waals surface area contributed by atoms with Gasteiger partial charge in [-0.1, -0.05) is 54.1 Å². The monoisotopic (exact) mass is 294 g/mol. The van der Waals surface area contributed by atoms with Gasteiger partial charge in [0.25, 0.3) is 0 Å². The van der Waals surface area contributed by atoms with Crippen LogP contribution in [0.25, 0.3) is 11.1 Å². The number of benzene rings is 2. The maximum Gasteiger partial charge on any atom is 0.0261 e. The van der Waals surface area contributed by atoms with Crippen LogP contribution in [-0.2, 0) is 6.42 Å². The van der Waals surface area contributed by atoms with Gasteiger partial charge in [0.15, 0.2) is 0 Å². The lowest BCUT2D eigenvalue weighted by atomic mass is 9.91. The molecule has 22 heavy (non-hydrogen) atoms. The Kier molecular flexibility index (Phi) is 4.91. The first-order valence-electron chi connectivity index (χ1n) is 8.33. The third kappa shape index (κ3) is 3.57. The molecule has 0 bridgehead atoms. The molecule has 2 heteroatoms. The zero-order valence-electron chi connectivity index (χ0n) is 13.6. The molecular weight excluding hydrogens is 268 g/mol. The van der Waals surface area contributed by atoms with Crippen molar-refractivity contribution >= 4 is 0 Å². The van der Waals surface area contributed by atoms with Crippen LogP contribution in [-0.4, -0.2) is 25.7 Å². The third-order valence-electron chi connectivity index (χ3n) is 4.69. The van der Waals surface area contributed by atoms with Crippen molar-refractivity contribution in [1.82, 2.24) is 10.6 Å². The molecule has 2 unspecified atom stereocenters. The number of nitrogens with one attached hydrogen (secondary N) is 2. The Balaban J connectivity index is 1.79. The van der Waals surface area contributed by atoms with Crippen molar-refractivity contribution in [2.24, 2.45) is 0 Å². The topological polar surface area (TPSA) is 24.1 Å². The SMILES string of the molecule is CNC1CCCNC1Cc1cccc(-c2cccc(C)c2)c1. The lowest BCUT2D eigenvalue weighted by molar-refractivity contribution is 0.313. The maximum atomic E-state index is 3.67. The van der Waals surface area contributed by atoms with Gasteiger partial charge >= 0.3 is 0 Å². The predicted octanol–water partition coefficient (Wildman–Crippen LogP) is 3.54. The fourth-order valence-corrected chi connectivity index (χ4v) is 3.47. The maximum absolute atomic E-state index is 3.67. The van der Waals surface area contributed by atoms with Gasteiger partial charge in [0.2, 0.25) is 0 Å². The Morgan fingerprint density at radius 2 is 1.86 bits per heavy atom. The van der Waals surface area contributed by atoms with Gasteiger partial charge in [-0.2, -0.15) is 0 Å². The summed E-state index contributed by atoms with van der Waals surface area (Å²) in [7, 11) is 2.08. The smallest absolute Gasteiger partial charge is 0.0261 e. The highest BCUT2D eigenvalue weighted by molar-refractivity contribution is 5.64. The molecule has 1 saturated heterocycles. The summed E-state index contributed by atoms with van der Waals surface area (Å²) >= 11 is 0. The van der Waals surface area contributed by atoms with Crippen LogP contribution in [0.4, 0.5) is 0 Å². The van der Waals surface area contributed by atoms with E-state index in [1.165, 1.54) is 35.1 Å². The number of aryl methyl sites for hydroxylation is 1. The number of hydrogen-bond donors (Lipinski definition) is 2. The molecule has 2 atom stereocenters. The molecule has 1 fully saturated rings. The quantitative estimate of drug-likeness (QED) is 0.901. The number of rotatable bonds is 4. The van der Waals surface area contributed by atoms with E-state index in [0.717, 1.165) is 13.0 Å². The molecule has 0 aromatic heterocycles. The molecule has 2 aromatic rings. The van der Waals surface area contributed by atoms with Crippen LogP contribution in [0.2, 0.25) is 0 Å². The van der Waals surface area contributed by atoms with Gasteiger partial charge in [0.05, 0.1) is 0 Å². The summed E-state index contributed by atoms with van der Waals surface area (Å²) in [6.07, 6.45) is 3.63. The van der Waals surface area contributed by atoms with E-state index in [1.807, 2.05) is 0 Å². The van der Waals surface area contributed by atoms with Crippen molar-refractivity contribution in [3.8, 4) is 11.1 Å². The molecule has 0 spiro atoms. The Morgan fingerprint density at radius 3 is 2.64 bits per heavy atom. The average Bonchev–Trinajstić information content (AvgIpc) is 2.56. The second-order valence-corrected chi connectivity index (χ2v) is 6.37. The highest BCUT2D eigenvalue weighted by atomic mass is 15.0. The standard InChI is InChI=1S/C20H26N2/c1-15-6-3-8-17(12-15)18-9-4-7-16(13-18)14-20-19(21-2)10-5-11-22-20/h3-4,6-9,12-13,19-22H,5,10-11,14H2,1-2H3. The van der Waals surface area contributed by atoms with E-state index >= 15 is 0 Å². The minimum atomic E-state index is 0.534. The first-order valence-corrected chi connectivity index (χ1v) is 8.33. The van der Waals surface area contributed by atoms with E-state index in [4.69, 9.17) is 0 Å². The molecule has 0 aliphatic carbocycles. The van der Waals surface area contributed by atoms with Crippen molar-refractivity contribution < 1.29 is 0 Å². The minimum absolute atomic E-state index is 0.534. The summed E-state index contributed by atoms with van der Waals surface area (Å²) in [5.74, 6) is 0. The molecule has 1 aliphatic heterocycles. The molecule has 1 aliphatic rings. The Bertz CT molecular complexity index is 621. The van der Waals surface area contributed by atoms with Crippen LogP contribution in [0.3, 0.4) is 0 Å². The van der Waals surface area contributed by atoms with Gasteiger partial charge in [-0.15, -0.1) is 0 Å². The molecular formula is C20H26N2. The van der Waals surface area contributed by atoms with Crippen molar-refractivity contribution in [3.63, 3.8) is 0 Å². The zero-order valence-corrected chi connectivity index (χ0v) is 13.6. The second-order valence-electron chi connectivity index (χ2n) is 6.37. The van der Waals surface area contributed by atoms with Gasteiger partial charge in [0, 0.05) is 12.1 Å². The predicted molar refractivity (Wildman–Crippen MR) is 94.2 cm³/mol. The lowest BCUT2D eigenvalue weighted by Gasteiger charge is -2.32. The summed E-state index contributed by atoms with van der Waals surface area (Å²) in [4.78, 5) is 0. The normalized spacial score (nSPS) is 21.7. The molecule has 0 amide bonds. The molecule has 2 nitrogen and oxygen atoms in total. The van der Waals surface area contributed by atoms with Crippen molar-refractivity contribution in [2.75, 3.05) is 13.6 Å². The molecule has 3 rings (SSSR count). The highest BCUT2D eigenvalue weighted by Crippen LogP contribution is 2.23. The van der Waals surface area contributed by atoms with Gasteiger partial charge in [-0.3, -0.25) is 0 Å². The molecule has 116 valence electrons. The minimum Gasteiger partial charge on any atom is -0.315 e. The molecule has 0 saturated carbocycles.